The Balaban J connectivity index is 1.99. The molecule has 0 saturated carbocycles. The van der Waals surface area contributed by atoms with Crippen molar-refractivity contribution in [2.75, 3.05) is 20.3 Å². The van der Waals surface area contributed by atoms with Crippen molar-refractivity contribution in [1.29, 1.82) is 0 Å². The summed E-state index contributed by atoms with van der Waals surface area (Å²) < 4.78 is 19.9. The Hall–Kier alpha value is -2.58. The average Bonchev–Trinajstić information content (AvgIpc) is 3.24. The van der Waals surface area contributed by atoms with E-state index in [1.54, 1.807) is 19.2 Å². The normalized spacial score (nSPS) is 10.8. The van der Waals surface area contributed by atoms with Crippen molar-refractivity contribution in [2.45, 2.75) is 0 Å². The molecule has 8 heteroatoms. The molecule has 0 fully saturated rings. The lowest BCUT2D eigenvalue weighted by atomic mass is 10.3. The van der Waals surface area contributed by atoms with E-state index in [4.69, 9.17) is 4.74 Å². The van der Waals surface area contributed by atoms with E-state index in [1.807, 2.05) is 17.5 Å². The molecule has 0 aliphatic rings. The molecule has 0 radical (unpaired) electrons. The predicted molar refractivity (Wildman–Crippen MR) is 88.8 cm³/mol. The van der Waals surface area contributed by atoms with E-state index in [0.29, 0.717) is 24.7 Å². The monoisotopic (exact) mass is 346 g/mol. The molecule has 2 aromatic heterocycles. The molecule has 124 valence electrons. The van der Waals surface area contributed by atoms with Crippen molar-refractivity contribution in [3.05, 3.63) is 53.4 Å². The first-order chi connectivity index (χ1) is 11.7. The first-order valence-electron chi connectivity index (χ1n) is 7.23. The molecule has 24 heavy (non-hydrogen) atoms. The summed E-state index contributed by atoms with van der Waals surface area (Å²) in [6, 6.07) is 9.74. The second kappa shape index (κ2) is 7.33. The third kappa shape index (κ3) is 3.50. The van der Waals surface area contributed by atoms with Gasteiger partial charge in [0.05, 0.1) is 17.2 Å². The van der Waals surface area contributed by atoms with Crippen LogP contribution in [0, 0.1) is 5.82 Å². The molecule has 3 rings (SSSR count). The maximum absolute atomic E-state index is 13.5. The number of aromatic nitrogens is 3. The molecule has 0 aliphatic heterocycles. The Bertz CT molecular complexity index is 832. The highest BCUT2D eigenvalue weighted by atomic mass is 32.1. The van der Waals surface area contributed by atoms with Gasteiger partial charge >= 0.3 is 0 Å². The van der Waals surface area contributed by atoms with Gasteiger partial charge in [-0.25, -0.2) is 14.1 Å². The molecule has 0 aliphatic carbocycles. The number of hydrogen-bond acceptors (Lipinski definition) is 5. The van der Waals surface area contributed by atoms with Gasteiger partial charge in [-0.3, -0.25) is 4.79 Å². The van der Waals surface area contributed by atoms with E-state index in [9.17, 15) is 9.18 Å². The lowest BCUT2D eigenvalue weighted by Gasteiger charge is -2.04. The zero-order chi connectivity index (χ0) is 16.9. The minimum Gasteiger partial charge on any atom is -0.383 e. The first kappa shape index (κ1) is 16.3. The van der Waals surface area contributed by atoms with Crippen LogP contribution in [0.1, 0.15) is 10.6 Å². The van der Waals surface area contributed by atoms with Gasteiger partial charge in [0.1, 0.15) is 5.82 Å². The van der Waals surface area contributed by atoms with Crippen molar-refractivity contribution < 1.29 is 13.9 Å². The molecule has 1 aromatic carbocycles. The zero-order valence-corrected chi connectivity index (χ0v) is 13.7. The smallest absolute Gasteiger partial charge is 0.291 e. The zero-order valence-electron chi connectivity index (χ0n) is 12.9. The minimum absolute atomic E-state index is 0.0266. The van der Waals surface area contributed by atoms with Crippen molar-refractivity contribution in [1.82, 2.24) is 20.1 Å². The number of rotatable bonds is 6. The third-order valence-electron chi connectivity index (χ3n) is 3.20. The molecule has 0 bridgehead atoms. The number of nitrogens with one attached hydrogen (secondary N) is 1. The van der Waals surface area contributed by atoms with Crippen LogP contribution in [-0.4, -0.2) is 40.9 Å². The summed E-state index contributed by atoms with van der Waals surface area (Å²) in [5.41, 5.74) is 0.502. The van der Waals surface area contributed by atoms with E-state index in [-0.39, 0.29) is 11.6 Å². The van der Waals surface area contributed by atoms with Crippen LogP contribution in [0.15, 0.2) is 41.8 Å². The number of hydrogen-bond donors (Lipinski definition) is 1. The second-order valence-corrected chi connectivity index (χ2v) is 5.82. The van der Waals surface area contributed by atoms with Gasteiger partial charge < -0.3 is 10.1 Å². The van der Waals surface area contributed by atoms with E-state index < -0.39 is 5.91 Å². The van der Waals surface area contributed by atoms with E-state index in [0.717, 1.165) is 4.88 Å². The number of amides is 1. The first-order valence-corrected chi connectivity index (χ1v) is 8.11. The SMILES string of the molecule is COCCNC(=O)c1nc(-c2cccs2)n(-c2cccc(F)c2)n1. The van der Waals surface area contributed by atoms with Crippen LogP contribution in [0.5, 0.6) is 0 Å². The Morgan fingerprint density at radius 3 is 2.96 bits per heavy atom. The molecular formula is C16H15FN4O2S. The molecule has 0 spiro atoms. The standard InChI is InChI=1S/C16H15FN4O2S/c1-23-8-7-18-16(22)14-19-15(13-6-3-9-24-13)21(20-14)12-5-2-4-11(17)10-12/h2-6,9-10H,7-8H2,1H3,(H,18,22). The van der Waals surface area contributed by atoms with Crippen LogP contribution in [-0.2, 0) is 4.74 Å². The number of methoxy groups -OCH3 is 1. The highest BCUT2D eigenvalue weighted by Gasteiger charge is 2.19. The number of nitrogens with zero attached hydrogens (tertiary/aromatic N) is 3. The quantitative estimate of drug-likeness (QED) is 0.697. The molecular weight excluding hydrogens is 331 g/mol. The Morgan fingerprint density at radius 2 is 2.25 bits per heavy atom. The van der Waals surface area contributed by atoms with Gasteiger partial charge in [0.15, 0.2) is 5.82 Å². The van der Waals surface area contributed by atoms with Gasteiger partial charge in [-0.05, 0) is 29.6 Å². The fraction of sp³-hybridized carbons (Fsp3) is 0.188. The van der Waals surface area contributed by atoms with Crippen LogP contribution in [0.2, 0.25) is 0 Å². The second-order valence-electron chi connectivity index (χ2n) is 4.88. The highest BCUT2D eigenvalue weighted by molar-refractivity contribution is 7.13. The fourth-order valence-electron chi connectivity index (χ4n) is 2.11. The van der Waals surface area contributed by atoms with Crippen molar-refractivity contribution in [3.8, 4) is 16.4 Å². The fourth-order valence-corrected chi connectivity index (χ4v) is 2.81. The van der Waals surface area contributed by atoms with Crippen LogP contribution in [0.25, 0.3) is 16.4 Å². The molecule has 1 N–H and O–H groups in total. The number of halogens is 1. The highest BCUT2D eigenvalue weighted by Crippen LogP contribution is 2.25. The number of carbonyl (C=O) groups is 1. The third-order valence-corrected chi connectivity index (χ3v) is 4.06. The van der Waals surface area contributed by atoms with Crippen molar-refractivity contribution >= 4 is 17.2 Å². The molecule has 3 aromatic rings. The number of ether oxygens (including phenoxy) is 1. The summed E-state index contributed by atoms with van der Waals surface area (Å²) >= 11 is 1.47. The maximum Gasteiger partial charge on any atom is 0.291 e. The largest absolute Gasteiger partial charge is 0.383 e. The Kier molecular flexibility index (Phi) is 4.97. The lowest BCUT2D eigenvalue weighted by molar-refractivity contribution is 0.0927. The van der Waals surface area contributed by atoms with Gasteiger partial charge in [-0.15, -0.1) is 16.4 Å². The van der Waals surface area contributed by atoms with E-state index in [2.05, 4.69) is 15.4 Å². The molecule has 1 amide bonds. The summed E-state index contributed by atoms with van der Waals surface area (Å²) in [6.07, 6.45) is 0. The molecule has 0 atom stereocenters. The number of carbonyl (C=O) groups excluding carboxylic acids is 1. The topological polar surface area (TPSA) is 69.0 Å². The maximum atomic E-state index is 13.5. The van der Waals surface area contributed by atoms with Gasteiger partial charge in [0, 0.05) is 13.7 Å². The van der Waals surface area contributed by atoms with Gasteiger partial charge in [-0.1, -0.05) is 12.1 Å². The lowest BCUT2D eigenvalue weighted by Crippen LogP contribution is -2.28. The molecule has 2 heterocycles. The molecule has 0 saturated heterocycles. The Morgan fingerprint density at radius 1 is 1.38 bits per heavy atom. The summed E-state index contributed by atoms with van der Waals surface area (Å²) in [6.45, 7) is 0.756. The van der Waals surface area contributed by atoms with Gasteiger partial charge in [0.25, 0.3) is 5.91 Å². The van der Waals surface area contributed by atoms with E-state index in [1.165, 1.54) is 28.2 Å². The van der Waals surface area contributed by atoms with Gasteiger partial charge in [-0.2, -0.15) is 0 Å². The van der Waals surface area contributed by atoms with Crippen LogP contribution in [0.3, 0.4) is 0 Å². The molecule has 0 unspecified atom stereocenters. The van der Waals surface area contributed by atoms with Crippen LogP contribution in [0.4, 0.5) is 4.39 Å². The summed E-state index contributed by atoms with van der Waals surface area (Å²) in [7, 11) is 1.55. The summed E-state index contributed by atoms with van der Waals surface area (Å²) in [4.78, 5) is 17.3. The number of thiophene rings is 1. The van der Waals surface area contributed by atoms with Crippen LogP contribution >= 0.6 is 11.3 Å². The Labute approximate surface area is 141 Å². The predicted octanol–water partition coefficient (Wildman–Crippen LogP) is 2.51. The average molecular weight is 346 g/mol. The minimum atomic E-state index is -0.403. The van der Waals surface area contributed by atoms with Crippen molar-refractivity contribution in [3.63, 3.8) is 0 Å². The molecule has 6 nitrogen and oxygen atoms in total. The summed E-state index contributed by atoms with van der Waals surface area (Å²) in [5, 5.41) is 8.83. The van der Waals surface area contributed by atoms with Gasteiger partial charge in [0.2, 0.25) is 5.82 Å². The van der Waals surface area contributed by atoms with E-state index >= 15 is 0 Å². The summed E-state index contributed by atoms with van der Waals surface area (Å²) in [5.74, 6) is -0.266. The number of benzene rings is 1. The van der Waals surface area contributed by atoms with Crippen molar-refractivity contribution in [2.24, 2.45) is 0 Å². The van der Waals surface area contributed by atoms with Crippen LogP contribution < -0.4 is 5.32 Å².